The van der Waals surface area contributed by atoms with E-state index in [0.29, 0.717) is 24.8 Å². The Balaban J connectivity index is 1.79. The second-order valence-electron chi connectivity index (χ2n) is 4.25. The smallest absolute Gasteiger partial charge is 0.258 e. The second-order valence-corrected chi connectivity index (χ2v) is 4.25. The molecule has 1 saturated heterocycles. The van der Waals surface area contributed by atoms with Gasteiger partial charge in [-0.3, -0.25) is 4.79 Å². The van der Waals surface area contributed by atoms with E-state index >= 15 is 0 Å². The van der Waals surface area contributed by atoms with Crippen molar-refractivity contribution >= 4 is 5.91 Å². The molecule has 2 heterocycles. The first-order chi connectivity index (χ1) is 9.29. The molecule has 0 aromatic carbocycles. The molecule has 2 rings (SSSR count). The Hall–Kier alpha value is -1.82. The quantitative estimate of drug-likeness (QED) is 0.852. The van der Waals surface area contributed by atoms with Gasteiger partial charge in [0.2, 0.25) is 0 Å². The monoisotopic (exact) mass is 266 g/mol. The van der Waals surface area contributed by atoms with Gasteiger partial charge in [0.1, 0.15) is 0 Å². The standard InChI is InChI=1S/C13H18N2O4/c1-17-13-11(3-2-6-14-13)19-9-12(16)15-10-4-7-18-8-5-10/h2-3,6,10H,4-5,7-9H2,1H3,(H,15,16). The van der Waals surface area contributed by atoms with Gasteiger partial charge in [-0.1, -0.05) is 0 Å². The number of carbonyl (C=O) groups is 1. The fourth-order valence-corrected chi connectivity index (χ4v) is 1.89. The Morgan fingerprint density at radius 2 is 2.32 bits per heavy atom. The average Bonchev–Trinajstić information content (AvgIpc) is 2.46. The van der Waals surface area contributed by atoms with Crippen LogP contribution in [-0.4, -0.2) is 43.9 Å². The molecule has 1 N–H and O–H groups in total. The molecule has 0 unspecified atom stereocenters. The van der Waals surface area contributed by atoms with Crippen LogP contribution in [0.1, 0.15) is 12.8 Å². The molecule has 6 heteroatoms. The van der Waals surface area contributed by atoms with Crippen LogP contribution in [-0.2, 0) is 9.53 Å². The molecule has 0 aliphatic carbocycles. The van der Waals surface area contributed by atoms with Gasteiger partial charge in [0, 0.05) is 25.5 Å². The van der Waals surface area contributed by atoms with Gasteiger partial charge in [0.05, 0.1) is 7.11 Å². The van der Waals surface area contributed by atoms with E-state index in [9.17, 15) is 4.79 Å². The van der Waals surface area contributed by atoms with Crippen molar-refractivity contribution in [2.24, 2.45) is 0 Å². The highest BCUT2D eigenvalue weighted by atomic mass is 16.5. The van der Waals surface area contributed by atoms with Crippen LogP contribution in [0.25, 0.3) is 0 Å². The zero-order valence-electron chi connectivity index (χ0n) is 10.9. The lowest BCUT2D eigenvalue weighted by molar-refractivity contribution is -0.124. The first-order valence-corrected chi connectivity index (χ1v) is 6.28. The minimum Gasteiger partial charge on any atom is -0.478 e. The predicted octanol–water partition coefficient (Wildman–Crippen LogP) is 0.764. The second kappa shape index (κ2) is 6.94. The summed E-state index contributed by atoms with van der Waals surface area (Å²) in [5.74, 6) is 0.700. The summed E-state index contributed by atoms with van der Waals surface area (Å²) < 4.78 is 15.7. The van der Waals surface area contributed by atoms with Crippen molar-refractivity contribution < 1.29 is 19.0 Å². The number of methoxy groups -OCH3 is 1. The van der Waals surface area contributed by atoms with Crippen LogP contribution in [0.3, 0.4) is 0 Å². The van der Waals surface area contributed by atoms with Crippen molar-refractivity contribution in [3.8, 4) is 11.6 Å². The molecule has 0 atom stereocenters. The molecule has 1 amide bonds. The van der Waals surface area contributed by atoms with E-state index in [1.807, 2.05) is 0 Å². The summed E-state index contributed by atoms with van der Waals surface area (Å²) in [5.41, 5.74) is 0. The van der Waals surface area contributed by atoms with E-state index in [1.54, 1.807) is 18.3 Å². The highest BCUT2D eigenvalue weighted by molar-refractivity contribution is 5.77. The molecule has 1 aromatic rings. The van der Waals surface area contributed by atoms with Gasteiger partial charge in [-0.2, -0.15) is 0 Å². The maximum Gasteiger partial charge on any atom is 0.258 e. The molecule has 1 aliphatic rings. The number of amides is 1. The van der Waals surface area contributed by atoms with Crippen molar-refractivity contribution in [1.29, 1.82) is 0 Å². The first-order valence-electron chi connectivity index (χ1n) is 6.28. The summed E-state index contributed by atoms with van der Waals surface area (Å²) in [6, 6.07) is 3.63. The number of nitrogens with zero attached hydrogens (tertiary/aromatic N) is 1. The molecule has 1 fully saturated rings. The Bertz CT molecular complexity index is 419. The number of carbonyl (C=O) groups excluding carboxylic acids is 1. The van der Waals surface area contributed by atoms with E-state index in [-0.39, 0.29) is 18.6 Å². The first kappa shape index (κ1) is 13.6. The van der Waals surface area contributed by atoms with Gasteiger partial charge >= 0.3 is 0 Å². The van der Waals surface area contributed by atoms with Crippen molar-refractivity contribution in [3.05, 3.63) is 18.3 Å². The van der Waals surface area contributed by atoms with Crippen LogP contribution in [0.5, 0.6) is 11.6 Å². The van der Waals surface area contributed by atoms with Crippen molar-refractivity contribution in [3.63, 3.8) is 0 Å². The third-order valence-electron chi connectivity index (χ3n) is 2.87. The number of hydrogen-bond acceptors (Lipinski definition) is 5. The molecule has 0 saturated carbocycles. The van der Waals surface area contributed by atoms with E-state index in [0.717, 1.165) is 12.8 Å². The van der Waals surface area contributed by atoms with Crippen LogP contribution >= 0.6 is 0 Å². The topological polar surface area (TPSA) is 69.7 Å². The third kappa shape index (κ3) is 4.10. The largest absolute Gasteiger partial charge is 0.478 e. The molecular weight excluding hydrogens is 248 g/mol. The van der Waals surface area contributed by atoms with Crippen LogP contribution in [0, 0.1) is 0 Å². The molecule has 1 aromatic heterocycles. The number of hydrogen-bond donors (Lipinski definition) is 1. The lowest BCUT2D eigenvalue weighted by Crippen LogP contribution is -2.41. The molecule has 19 heavy (non-hydrogen) atoms. The Labute approximate surface area is 112 Å². The molecule has 0 spiro atoms. The Kier molecular flexibility index (Phi) is 4.97. The van der Waals surface area contributed by atoms with Gasteiger partial charge in [0.15, 0.2) is 12.4 Å². The van der Waals surface area contributed by atoms with Gasteiger partial charge in [-0.15, -0.1) is 0 Å². The summed E-state index contributed by atoms with van der Waals surface area (Å²) in [6.45, 7) is 1.35. The van der Waals surface area contributed by atoms with E-state index in [1.165, 1.54) is 7.11 Å². The zero-order valence-corrected chi connectivity index (χ0v) is 10.9. The maximum absolute atomic E-state index is 11.7. The SMILES string of the molecule is COc1ncccc1OCC(=O)NC1CCOCC1. The molecule has 0 radical (unpaired) electrons. The van der Waals surface area contributed by atoms with Gasteiger partial charge in [-0.05, 0) is 25.0 Å². The number of rotatable bonds is 5. The lowest BCUT2D eigenvalue weighted by Gasteiger charge is -2.23. The summed E-state index contributed by atoms with van der Waals surface area (Å²) >= 11 is 0. The Morgan fingerprint density at radius 1 is 1.53 bits per heavy atom. The lowest BCUT2D eigenvalue weighted by atomic mass is 10.1. The molecular formula is C13H18N2O4. The summed E-state index contributed by atoms with van der Waals surface area (Å²) in [7, 11) is 1.51. The van der Waals surface area contributed by atoms with E-state index in [4.69, 9.17) is 14.2 Å². The third-order valence-corrected chi connectivity index (χ3v) is 2.87. The van der Waals surface area contributed by atoms with Crippen molar-refractivity contribution in [2.45, 2.75) is 18.9 Å². The predicted molar refractivity (Wildman–Crippen MR) is 68.3 cm³/mol. The molecule has 0 bridgehead atoms. The highest BCUT2D eigenvalue weighted by Crippen LogP contribution is 2.22. The normalized spacial score (nSPS) is 15.8. The maximum atomic E-state index is 11.7. The Morgan fingerprint density at radius 3 is 3.05 bits per heavy atom. The molecule has 1 aliphatic heterocycles. The van der Waals surface area contributed by atoms with Crippen LogP contribution in [0.2, 0.25) is 0 Å². The minimum absolute atomic E-state index is 0.0423. The van der Waals surface area contributed by atoms with Crippen molar-refractivity contribution in [2.75, 3.05) is 26.9 Å². The number of ether oxygens (including phenoxy) is 3. The molecule has 104 valence electrons. The molecule has 6 nitrogen and oxygen atoms in total. The van der Waals surface area contributed by atoms with Gasteiger partial charge < -0.3 is 19.5 Å². The zero-order chi connectivity index (χ0) is 13.5. The van der Waals surface area contributed by atoms with Gasteiger partial charge in [-0.25, -0.2) is 4.98 Å². The number of pyridine rings is 1. The number of nitrogens with one attached hydrogen (secondary N) is 1. The summed E-state index contributed by atoms with van der Waals surface area (Å²) in [4.78, 5) is 15.7. The van der Waals surface area contributed by atoms with Crippen LogP contribution in [0.4, 0.5) is 0 Å². The van der Waals surface area contributed by atoms with Crippen LogP contribution in [0.15, 0.2) is 18.3 Å². The highest BCUT2D eigenvalue weighted by Gasteiger charge is 2.16. The average molecular weight is 266 g/mol. The minimum atomic E-state index is -0.141. The fourth-order valence-electron chi connectivity index (χ4n) is 1.89. The van der Waals surface area contributed by atoms with E-state index < -0.39 is 0 Å². The van der Waals surface area contributed by atoms with E-state index in [2.05, 4.69) is 10.3 Å². The van der Waals surface area contributed by atoms with Gasteiger partial charge in [0.25, 0.3) is 11.8 Å². The van der Waals surface area contributed by atoms with Crippen LogP contribution < -0.4 is 14.8 Å². The van der Waals surface area contributed by atoms with Crippen molar-refractivity contribution in [1.82, 2.24) is 10.3 Å². The number of aromatic nitrogens is 1. The summed E-state index contributed by atoms with van der Waals surface area (Å²) in [5, 5.41) is 2.92. The summed E-state index contributed by atoms with van der Waals surface area (Å²) in [6.07, 6.45) is 3.30. The fraction of sp³-hybridized carbons (Fsp3) is 0.538.